The van der Waals surface area contributed by atoms with Gasteiger partial charge in [-0.3, -0.25) is 0 Å². The lowest BCUT2D eigenvalue weighted by molar-refractivity contribution is 0.592. The van der Waals surface area contributed by atoms with Crippen molar-refractivity contribution < 1.29 is 0 Å². The second-order valence-corrected chi connectivity index (χ2v) is 4.08. The van der Waals surface area contributed by atoms with Crippen LogP contribution in [0.3, 0.4) is 0 Å². The van der Waals surface area contributed by atoms with E-state index in [1.807, 2.05) is 18.9 Å². The Labute approximate surface area is 63.4 Å². The Balaban J connectivity index is 3.88. The van der Waals surface area contributed by atoms with Crippen LogP contribution in [0.4, 0.5) is 0 Å². The molecule has 1 nitrogen and oxygen atoms in total. The molecule has 0 radical (unpaired) electrons. The van der Waals surface area contributed by atoms with Crippen molar-refractivity contribution in [3.63, 3.8) is 0 Å². The third-order valence-electron chi connectivity index (χ3n) is 1.17. The van der Waals surface area contributed by atoms with Crippen LogP contribution in [-0.2, 0) is 0 Å². The fourth-order valence-electron chi connectivity index (χ4n) is 0.775. The van der Waals surface area contributed by atoms with E-state index in [2.05, 4.69) is 20.8 Å². The first-order valence-corrected chi connectivity index (χ1v) is 3.60. The fourth-order valence-corrected chi connectivity index (χ4v) is 0.775. The highest BCUT2D eigenvalue weighted by Gasteiger charge is 2.29. The maximum Gasteiger partial charge on any atom is 0.336 e. The van der Waals surface area contributed by atoms with Gasteiger partial charge in [0.05, 0.1) is 0 Å². The Hall–Kier alpha value is 0.315. The van der Waals surface area contributed by atoms with Crippen molar-refractivity contribution >= 4 is 17.7 Å². The van der Waals surface area contributed by atoms with Gasteiger partial charge in [-0.2, -0.15) is 11.5 Å². The van der Waals surface area contributed by atoms with E-state index in [9.17, 15) is 0 Å². The Morgan fingerprint density at radius 2 is 1.56 bits per heavy atom. The molecule has 0 aliphatic rings. The SMILES string of the molecule is CN(C)B(Cl)C(C)(C)C. The molecule has 0 saturated heterocycles. The molecule has 0 unspecified atom stereocenters. The van der Waals surface area contributed by atoms with Gasteiger partial charge in [-0.25, -0.2) is 0 Å². The lowest BCUT2D eigenvalue weighted by Crippen LogP contribution is -2.35. The van der Waals surface area contributed by atoms with Crippen molar-refractivity contribution in [1.82, 2.24) is 4.81 Å². The number of hydrogen-bond acceptors (Lipinski definition) is 1. The highest BCUT2D eigenvalue weighted by Crippen LogP contribution is 2.29. The smallest absolute Gasteiger partial charge is 0.334 e. The van der Waals surface area contributed by atoms with Crippen molar-refractivity contribution in [3.8, 4) is 0 Å². The molecule has 3 heteroatoms. The van der Waals surface area contributed by atoms with Gasteiger partial charge in [0.2, 0.25) is 0 Å². The van der Waals surface area contributed by atoms with E-state index >= 15 is 0 Å². The molecule has 0 fully saturated rings. The molecule has 0 aliphatic carbocycles. The zero-order valence-corrected chi connectivity index (χ0v) is 7.66. The van der Waals surface area contributed by atoms with Crippen LogP contribution in [0.2, 0.25) is 5.31 Å². The highest BCUT2D eigenvalue weighted by molar-refractivity contribution is 7.06. The standard InChI is InChI=1S/C6H15BClN/c1-6(2,3)7(8)9(4)5/h1-5H3. The number of halogens is 1. The molecule has 0 atom stereocenters. The lowest BCUT2D eigenvalue weighted by Gasteiger charge is -2.26. The maximum absolute atomic E-state index is 6.02. The first-order chi connectivity index (χ1) is 3.85. The quantitative estimate of drug-likeness (QED) is 0.513. The van der Waals surface area contributed by atoms with Gasteiger partial charge in [-0.15, -0.1) is 0 Å². The summed E-state index contributed by atoms with van der Waals surface area (Å²) in [7, 11) is 3.98. The highest BCUT2D eigenvalue weighted by atomic mass is 35.5. The van der Waals surface area contributed by atoms with Gasteiger partial charge in [0.25, 0.3) is 0 Å². The van der Waals surface area contributed by atoms with Crippen LogP contribution in [0, 0.1) is 0 Å². The van der Waals surface area contributed by atoms with Crippen LogP contribution >= 0.6 is 11.5 Å². The van der Waals surface area contributed by atoms with Crippen molar-refractivity contribution in [3.05, 3.63) is 0 Å². The molecule has 0 saturated carbocycles. The minimum absolute atomic E-state index is 0.123. The molecule has 0 aromatic carbocycles. The molecule has 0 aliphatic heterocycles. The number of nitrogens with zero attached hydrogens (tertiary/aromatic N) is 1. The van der Waals surface area contributed by atoms with Crippen molar-refractivity contribution in [2.24, 2.45) is 0 Å². The molecular formula is C6H15BClN. The van der Waals surface area contributed by atoms with Gasteiger partial charge in [0, 0.05) is 0 Å². The van der Waals surface area contributed by atoms with E-state index < -0.39 is 0 Å². The maximum atomic E-state index is 6.02. The number of rotatable bonds is 1. The molecule has 9 heavy (non-hydrogen) atoms. The van der Waals surface area contributed by atoms with Crippen LogP contribution in [0.1, 0.15) is 20.8 Å². The van der Waals surface area contributed by atoms with Gasteiger partial charge in [0.1, 0.15) is 0 Å². The summed E-state index contributed by atoms with van der Waals surface area (Å²) in [4.78, 5) is 2.02. The largest absolute Gasteiger partial charge is 0.336 e. The first-order valence-electron chi connectivity index (χ1n) is 3.16. The lowest BCUT2D eigenvalue weighted by atomic mass is 9.62. The van der Waals surface area contributed by atoms with Gasteiger partial charge < -0.3 is 4.81 Å². The average Bonchev–Trinajstić information content (AvgIpc) is 1.62. The van der Waals surface area contributed by atoms with Gasteiger partial charge in [0.15, 0.2) is 0 Å². The average molecular weight is 147 g/mol. The van der Waals surface area contributed by atoms with Gasteiger partial charge in [-0.1, -0.05) is 20.8 Å². The molecule has 0 amide bonds. The molecule has 54 valence electrons. The van der Waals surface area contributed by atoms with E-state index in [-0.39, 0.29) is 11.6 Å². The summed E-state index contributed by atoms with van der Waals surface area (Å²) in [6, 6.07) is 0. The summed E-state index contributed by atoms with van der Waals surface area (Å²) in [5, 5.41) is 0.172. The van der Waals surface area contributed by atoms with E-state index in [1.54, 1.807) is 0 Å². The molecule has 0 aromatic heterocycles. The Bertz CT molecular complexity index is 87.5. The topological polar surface area (TPSA) is 3.24 Å². The van der Waals surface area contributed by atoms with Crippen molar-refractivity contribution in [2.45, 2.75) is 26.1 Å². The Morgan fingerprint density at radius 1 is 1.22 bits per heavy atom. The zero-order chi connectivity index (χ0) is 7.65. The molecule has 0 rings (SSSR count). The van der Waals surface area contributed by atoms with E-state index in [0.29, 0.717) is 0 Å². The molecule has 0 heterocycles. The summed E-state index contributed by atoms with van der Waals surface area (Å²) in [6.45, 7) is 6.39. The minimum Gasteiger partial charge on any atom is -0.334 e. The van der Waals surface area contributed by atoms with Gasteiger partial charge >= 0.3 is 6.26 Å². The van der Waals surface area contributed by atoms with Crippen molar-refractivity contribution in [1.29, 1.82) is 0 Å². The van der Waals surface area contributed by atoms with E-state index in [4.69, 9.17) is 11.5 Å². The van der Waals surface area contributed by atoms with E-state index in [1.165, 1.54) is 0 Å². The van der Waals surface area contributed by atoms with Crippen molar-refractivity contribution in [2.75, 3.05) is 14.1 Å². The van der Waals surface area contributed by atoms with Crippen LogP contribution in [-0.4, -0.2) is 25.2 Å². The predicted molar refractivity (Wildman–Crippen MR) is 45.0 cm³/mol. The predicted octanol–water partition coefficient (Wildman–Crippen LogP) is 2.08. The third kappa shape index (κ3) is 3.12. The summed E-state index contributed by atoms with van der Waals surface area (Å²) >= 11 is 6.02. The van der Waals surface area contributed by atoms with E-state index in [0.717, 1.165) is 0 Å². The molecule has 0 N–H and O–H groups in total. The number of hydrogen-bond donors (Lipinski definition) is 0. The monoisotopic (exact) mass is 147 g/mol. The minimum atomic E-state index is 0.123. The Morgan fingerprint density at radius 3 is 1.56 bits per heavy atom. The summed E-state index contributed by atoms with van der Waals surface area (Å²) in [5.41, 5.74) is 0. The van der Waals surface area contributed by atoms with Crippen LogP contribution in [0.25, 0.3) is 0 Å². The van der Waals surface area contributed by atoms with Gasteiger partial charge in [-0.05, 0) is 19.4 Å². The second kappa shape index (κ2) is 2.93. The third-order valence-corrected chi connectivity index (χ3v) is 2.21. The first kappa shape index (κ1) is 9.31. The van der Waals surface area contributed by atoms with Crippen LogP contribution in [0.15, 0.2) is 0 Å². The summed E-state index contributed by atoms with van der Waals surface area (Å²) < 4.78 is 0. The molecule has 0 bridgehead atoms. The fraction of sp³-hybridized carbons (Fsp3) is 1.00. The van der Waals surface area contributed by atoms with Crippen LogP contribution < -0.4 is 0 Å². The summed E-state index contributed by atoms with van der Waals surface area (Å²) in [6.07, 6.45) is 0.123. The Kier molecular flexibility index (Phi) is 3.04. The zero-order valence-electron chi connectivity index (χ0n) is 6.90. The normalized spacial score (nSPS) is 12.3. The molecule has 0 spiro atoms. The molecular weight excluding hydrogens is 132 g/mol. The second-order valence-electron chi connectivity index (χ2n) is 3.67. The summed E-state index contributed by atoms with van der Waals surface area (Å²) in [5.74, 6) is 0. The molecule has 0 aromatic rings. The van der Waals surface area contributed by atoms with Crippen LogP contribution in [0.5, 0.6) is 0 Å².